The number of carbonyl (C=O) groups is 3. The van der Waals surface area contributed by atoms with Gasteiger partial charge in [-0.2, -0.15) is 0 Å². The molecule has 222 valence electrons. The van der Waals surface area contributed by atoms with Gasteiger partial charge in [0, 0.05) is 16.9 Å². The van der Waals surface area contributed by atoms with Crippen molar-refractivity contribution < 1.29 is 32.6 Å². The number of nitrogens with zero attached hydrogens (tertiary/aromatic N) is 1. The summed E-state index contributed by atoms with van der Waals surface area (Å²) >= 11 is 0. The normalized spacial score (nSPS) is 15.9. The number of rotatable bonds is 13. The number of nitrogens with one attached hydrogen (secondary N) is 3. The Labute approximate surface area is 243 Å². The first-order chi connectivity index (χ1) is 20.3. The summed E-state index contributed by atoms with van der Waals surface area (Å²) in [5.41, 5.74) is 1.99. The number of hydrogen-bond donors (Lipinski definition) is 3. The summed E-state index contributed by atoms with van der Waals surface area (Å²) in [5.74, 6) is -1.14. The Hall–Kier alpha value is -4.35. The van der Waals surface area contributed by atoms with Crippen molar-refractivity contribution in [2.45, 2.75) is 32.1 Å². The second-order valence-corrected chi connectivity index (χ2v) is 9.92. The van der Waals surface area contributed by atoms with E-state index in [1.807, 2.05) is 38.1 Å². The summed E-state index contributed by atoms with van der Waals surface area (Å²) in [6.45, 7) is 1.37. The van der Waals surface area contributed by atoms with Gasteiger partial charge < -0.3 is 30.3 Å². The average molecular weight is 581 g/mol. The average Bonchev–Trinajstić information content (AvgIpc) is 3.19. The van der Waals surface area contributed by atoms with Crippen LogP contribution in [0.4, 0.5) is 30.6 Å². The fraction of sp³-hybridized carbons (Fsp3) is 0.323. The van der Waals surface area contributed by atoms with E-state index in [0.29, 0.717) is 22.6 Å². The molecule has 0 unspecified atom stereocenters. The molecule has 0 saturated heterocycles. The summed E-state index contributed by atoms with van der Waals surface area (Å²) < 4.78 is 36.5. The summed E-state index contributed by atoms with van der Waals surface area (Å²) in [7, 11) is 0. The Morgan fingerprint density at radius 2 is 1.38 bits per heavy atom. The molecule has 0 aromatic heterocycles. The third-order valence-corrected chi connectivity index (χ3v) is 6.76. The molecule has 4 rings (SSSR count). The summed E-state index contributed by atoms with van der Waals surface area (Å²) in [5, 5.41) is 8.30. The predicted molar refractivity (Wildman–Crippen MR) is 156 cm³/mol. The van der Waals surface area contributed by atoms with Crippen LogP contribution < -0.4 is 20.9 Å². The number of para-hydroxylation sites is 1. The molecule has 0 aliphatic carbocycles. The van der Waals surface area contributed by atoms with E-state index in [9.17, 15) is 23.2 Å². The smallest absolute Gasteiger partial charge is 0.320 e. The number of aryl methyl sites for hydroxylation is 2. The number of hydrogen-bond acceptors (Lipinski definition) is 5. The van der Waals surface area contributed by atoms with E-state index >= 15 is 0 Å². The maximum Gasteiger partial charge on any atom is 0.320 e. The van der Waals surface area contributed by atoms with E-state index in [4.69, 9.17) is 9.47 Å². The van der Waals surface area contributed by atoms with Crippen molar-refractivity contribution in [3.8, 4) is 0 Å². The van der Waals surface area contributed by atoms with Gasteiger partial charge in [0.2, 0.25) is 5.91 Å². The highest BCUT2D eigenvalue weighted by molar-refractivity contribution is 6.12. The minimum absolute atomic E-state index is 0.224. The predicted octanol–water partition coefficient (Wildman–Crippen LogP) is 4.99. The quantitative estimate of drug-likeness (QED) is 0.247. The molecule has 0 saturated carbocycles. The van der Waals surface area contributed by atoms with Crippen LogP contribution in [0.1, 0.15) is 23.1 Å². The highest BCUT2D eigenvalue weighted by Gasteiger charge is 2.53. The lowest BCUT2D eigenvalue weighted by atomic mass is 9.87. The molecule has 0 radical (unpaired) electrons. The number of amides is 4. The molecule has 0 spiro atoms. The van der Waals surface area contributed by atoms with E-state index in [1.54, 1.807) is 48.5 Å². The van der Waals surface area contributed by atoms with Gasteiger partial charge in [0.25, 0.3) is 5.91 Å². The second-order valence-electron chi connectivity index (χ2n) is 9.92. The van der Waals surface area contributed by atoms with Gasteiger partial charge in [0.15, 0.2) is 11.8 Å². The zero-order chi connectivity index (χ0) is 30.1. The van der Waals surface area contributed by atoms with Crippen molar-refractivity contribution in [2.75, 3.05) is 48.6 Å². The van der Waals surface area contributed by atoms with Crippen LogP contribution in [0.2, 0.25) is 0 Å². The monoisotopic (exact) mass is 580 g/mol. The fourth-order valence-electron chi connectivity index (χ4n) is 4.77. The van der Waals surface area contributed by atoms with Crippen LogP contribution in [0.15, 0.2) is 72.8 Å². The van der Waals surface area contributed by atoms with Crippen molar-refractivity contribution in [3.05, 3.63) is 89.5 Å². The Morgan fingerprint density at radius 1 is 0.833 bits per heavy atom. The second kappa shape index (κ2) is 14.0. The zero-order valence-electron chi connectivity index (χ0n) is 23.5. The van der Waals surface area contributed by atoms with Crippen LogP contribution in [0.25, 0.3) is 0 Å². The minimum atomic E-state index is -1.81. The number of benzene rings is 3. The Bertz CT molecular complexity index is 1320. The van der Waals surface area contributed by atoms with Crippen LogP contribution >= 0.6 is 0 Å². The number of halogens is 2. The maximum absolute atomic E-state index is 14.3. The molecule has 0 fully saturated rings. The molecule has 1 aliphatic heterocycles. The molecule has 3 aromatic carbocycles. The zero-order valence-corrected chi connectivity index (χ0v) is 23.5. The molecule has 0 bridgehead atoms. The molecular formula is C31H34F2N4O5. The lowest BCUT2D eigenvalue weighted by Gasteiger charge is -2.30. The van der Waals surface area contributed by atoms with E-state index in [-0.39, 0.29) is 19.8 Å². The molecule has 1 atom stereocenters. The highest BCUT2D eigenvalue weighted by Crippen LogP contribution is 2.43. The Balaban J connectivity index is 1.68. The van der Waals surface area contributed by atoms with Crippen LogP contribution in [0.5, 0.6) is 0 Å². The first-order valence-corrected chi connectivity index (χ1v) is 13.5. The van der Waals surface area contributed by atoms with E-state index in [0.717, 1.165) is 11.1 Å². The largest absolute Gasteiger partial charge is 0.348 e. The number of anilines is 3. The van der Waals surface area contributed by atoms with Gasteiger partial charge in [-0.3, -0.25) is 9.59 Å². The van der Waals surface area contributed by atoms with Gasteiger partial charge in [-0.05, 0) is 44.2 Å². The van der Waals surface area contributed by atoms with Crippen molar-refractivity contribution >= 4 is 34.9 Å². The van der Waals surface area contributed by atoms with Gasteiger partial charge in [0.05, 0.1) is 31.9 Å². The molecular weight excluding hydrogens is 546 g/mol. The SMILES string of the molecule is Cc1ccc(NC(=O)C[C@@]2(NC(=O)Nc3ccc(C)cc3)C(=O)N(CC(OCCF)OCCF)c3ccccc32)cc1. The van der Waals surface area contributed by atoms with Gasteiger partial charge in [0.1, 0.15) is 13.3 Å². The van der Waals surface area contributed by atoms with E-state index < -0.39 is 49.4 Å². The fourth-order valence-corrected chi connectivity index (χ4v) is 4.77. The van der Waals surface area contributed by atoms with Gasteiger partial charge >= 0.3 is 6.03 Å². The van der Waals surface area contributed by atoms with Crippen LogP contribution in [0, 0.1) is 13.8 Å². The van der Waals surface area contributed by atoms with Crippen molar-refractivity contribution in [2.24, 2.45) is 0 Å². The molecule has 4 amide bonds. The number of alkyl halides is 2. The van der Waals surface area contributed by atoms with Crippen molar-refractivity contribution in [1.82, 2.24) is 5.32 Å². The molecule has 9 nitrogen and oxygen atoms in total. The number of urea groups is 1. The summed E-state index contributed by atoms with van der Waals surface area (Å²) in [6.07, 6.45) is -1.58. The molecule has 3 aromatic rings. The summed E-state index contributed by atoms with van der Waals surface area (Å²) in [4.78, 5) is 42.3. The van der Waals surface area contributed by atoms with Gasteiger partial charge in [-0.15, -0.1) is 0 Å². The minimum Gasteiger partial charge on any atom is -0.348 e. The lowest BCUT2D eigenvalue weighted by molar-refractivity contribution is -0.144. The van der Waals surface area contributed by atoms with Gasteiger partial charge in [-0.25, -0.2) is 13.6 Å². The first-order valence-electron chi connectivity index (χ1n) is 13.5. The maximum atomic E-state index is 14.3. The molecule has 1 aliphatic rings. The Morgan fingerprint density at radius 3 is 1.95 bits per heavy atom. The lowest BCUT2D eigenvalue weighted by Crippen LogP contribution is -2.56. The standard InChI is InChI=1S/C31H34F2N4O5/c1-21-7-11-23(12-8-21)34-27(38)19-31(36-30(40)35-24-13-9-22(2)10-14-24)25-5-3-4-6-26(25)37(29(31)39)20-28(41-17-15-32)42-18-16-33/h3-14,28H,15-20H2,1-2H3,(H,34,38)(H2,35,36,40)/t31-/m0/s1. The van der Waals surface area contributed by atoms with Gasteiger partial charge in [-0.1, -0.05) is 53.6 Å². The first kappa shape index (κ1) is 30.6. The molecule has 3 N–H and O–H groups in total. The molecule has 1 heterocycles. The van der Waals surface area contributed by atoms with Crippen molar-refractivity contribution in [1.29, 1.82) is 0 Å². The Kier molecular flexibility index (Phi) is 10.2. The number of fused-ring (bicyclic) bond motifs is 1. The van der Waals surface area contributed by atoms with E-state index in [2.05, 4.69) is 16.0 Å². The third-order valence-electron chi connectivity index (χ3n) is 6.76. The van der Waals surface area contributed by atoms with Crippen LogP contribution in [0.3, 0.4) is 0 Å². The third kappa shape index (κ3) is 7.29. The molecule has 11 heteroatoms. The topological polar surface area (TPSA) is 109 Å². The summed E-state index contributed by atoms with van der Waals surface area (Å²) in [6, 6.07) is 20.3. The van der Waals surface area contributed by atoms with Crippen LogP contribution in [-0.2, 0) is 24.6 Å². The number of carbonyl (C=O) groups excluding carboxylic acids is 3. The highest BCUT2D eigenvalue weighted by atomic mass is 19.1. The molecule has 42 heavy (non-hydrogen) atoms. The number of ether oxygens (including phenoxy) is 2. The van der Waals surface area contributed by atoms with Crippen molar-refractivity contribution in [3.63, 3.8) is 0 Å². The van der Waals surface area contributed by atoms with Crippen LogP contribution in [-0.4, -0.2) is 57.2 Å². The van der Waals surface area contributed by atoms with E-state index in [1.165, 1.54) is 4.90 Å².